The summed E-state index contributed by atoms with van der Waals surface area (Å²) < 4.78 is 0. The Labute approximate surface area is 156 Å². The number of anilines is 2. The van der Waals surface area contributed by atoms with Crippen LogP contribution in [0.5, 0.6) is 0 Å². The second-order valence-electron chi connectivity index (χ2n) is 5.35. The van der Waals surface area contributed by atoms with Gasteiger partial charge in [0.1, 0.15) is 0 Å². The molecule has 130 valence electrons. The highest BCUT2D eigenvalue weighted by Gasteiger charge is 2.09. The molecule has 7 heteroatoms. The number of carbonyl (C=O) groups is 2. The molecule has 0 radical (unpaired) electrons. The van der Waals surface area contributed by atoms with Crippen LogP contribution in [0.15, 0.2) is 42.5 Å². The molecule has 2 rings (SSSR count). The van der Waals surface area contributed by atoms with Gasteiger partial charge in [0.25, 0.3) is 5.91 Å². The monoisotopic (exact) mass is 375 g/mol. The zero-order valence-electron chi connectivity index (χ0n) is 13.9. The lowest BCUT2D eigenvalue weighted by Crippen LogP contribution is -2.34. The largest absolute Gasteiger partial charge is 0.332 e. The number of thiocarbonyl (C=S) groups is 1. The molecule has 0 aliphatic heterocycles. The quantitative estimate of drug-likeness (QED) is 0.703. The Kier molecular flexibility index (Phi) is 6.50. The van der Waals surface area contributed by atoms with Gasteiger partial charge in [-0.15, -0.1) is 0 Å². The summed E-state index contributed by atoms with van der Waals surface area (Å²) in [5.41, 5.74) is 2.70. The molecule has 2 amide bonds. The smallest absolute Gasteiger partial charge is 0.257 e. The van der Waals surface area contributed by atoms with Crippen molar-refractivity contribution in [3.63, 3.8) is 0 Å². The number of aryl methyl sites for hydroxylation is 1. The summed E-state index contributed by atoms with van der Waals surface area (Å²) in [6, 6.07) is 12.0. The van der Waals surface area contributed by atoms with Crippen molar-refractivity contribution in [3.05, 3.63) is 58.6 Å². The summed E-state index contributed by atoms with van der Waals surface area (Å²) in [5.74, 6) is -0.427. The molecule has 0 bridgehead atoms. The lowest BCUT2D eigenvalue weighted by atomic mass is 10.1. The van der Waals surface area contributed by atoms with E-state index in [4.69, 9.17) is 23.8 Å². The molecule has 0 aliphatic rings. The van der Waals surface area contributed by atoms with E-state index in [2.05, 4.69) is 16.0 Å². The number of halogens is 1. The number of amides is 2. The van der Waals surface area contributed by atoms with Crippen molar-refractivity contribution in [2.45, 2.75) is 20.3 Å². The van der Waals surface area contributed by atoms with Gasteiger partial charge in [-0.05, 0) is 55.0 Å². The van der Waals surface area contributed by atoms with Crippen LogP contribution < -0.4 is 16.0 Å². The van der Waals surface area contributed by atoms with Crippen LogP contribution in [0.3, 0.4) is 0 Å². The highest BCUT2D eigenvalue weighted by molar-refractivity contribution is 7.80. The van der Waals surface area contributed by atoms with Gasteiger partial charge in [-0.3, -0.25) is 14.9 Å². The number of benzene rings is 2. The van der Waals surface area contributed by atoms with Crippen LogP contribution in [-0.2, 0) is 4.79 Å². The van der Waals surface area contributed by atoms with Crippen molar-refractivity contribution in [2.75, 3.05) is 10.6 Å². The zero-order valence-corrected chi connectivity index (χ0v) is 15.4. The molecule has 0 fully saturated rings. The second kappa shape index (κ2) is 8.60. The number of hydrogen-bond donors (Lipinski definition) is 3. The molecule has 0 unspecified atom stereocenters. The van der Waals surface area contributed by atoms with Gasteiger partial charge in [0.2, 0.25) is 5.91 Å². The van der Waals surface area contributed by atoms with Gasteiger partial charge in [0.15, 0.2) is 5.11 Å². The van der Waals surface area contributed by atoms with Crippen molar-refractivity contribution in [1.29, 1.82) is 0 Å². The first-order chi connectivity index (χ1) is 11.9. The average Bonchev–Trinajstić information content (AvgIpc) is 2.57. The number of rotatable bonds is 4. The third-order valence-corrected chi connectivity index (χ3v) is 3.84. The number of nitrogens with one attached hydrogen (secondary N) is 3. The van der Waals surface area contributed by atoms with E-state index in [1.807, 2.05) is 19.1 Å². The van der Waals surface area contributed by atoms with E-state index in [-0.39, 0.29) is 16.9 Å². The first-order valence-electron chi connectivity index (χ1n) is 7.67. The van der Waals surface area contributed by atoms with E-state index >= 15 is 0 Å². The Balaban J connectivity index is 2.04. The predicted molar refractivity (Wildman–Crippen MR) is 105 cm³/mol. The minimum absolute atomic E-state index is 0.0721. The highest BCUT2D eigenvalue weighted by atomic mass is 35.5. The number of carbonyl (C=O) groups excluding carboxylic acids is 2. The first kappa shape index (κ1) is 18.9. The van der Waals surface area contributed by atoms with Crippen LogP contribution in [0.2, 0.25) is 5.02 Å². The first-order valence-corrected chi connectivity index (χ1v) is 8.46. The van der Waals surface area contributed by atoms with E-state index in [9.17, 15) is 9.59 Å². The lowest BCUT2D eigenvalue weighted by molar-refractivity contribution is -0.115. The van der Waals surface area contributed by atoms with Crippen molar-refractivity contribution >= 4 is 52.1 Å². The van der Waals surface area contributed by atoms with Gasteiger partial charge in [0, 0.05) is 28.4 Å². The van der Waals surface area contributed by atoms with Crippen LogP contribution in [-0.4, -0.2) is 16.9 Å². The molecular weight excluding hydrogens is 358 g/mol. The molecule has 0 heterocycles. The Hall–Kier alpha value is -2.44. The maximum Gasteiger partial charge on any atom is 0.257 e. The topological polar surface area (TPSA) is 70.2 Å². The fourth-order valence-corrected chi connectivity index (χ4v) is 2.44. The molecule has 0 atom stereocenters. The van der Waals surface area contributed by atoms with Crippen LogP contribution in [0, 0.1) is 6.92 Å². The van der Waals surface area contributed by atoms with Gasteiger partial charge in [-0.2, -0.15) is 0 Å². The van der Waals surface area contributed by atoms with Crippen LogP contribution in [0.4, 0.5) is 11.4 Å². The number of hydrogen-bond acceptors (Lipinski definition) is 3. The maximum absolute atomic E-state index is 12.1. The van der Waals surface area contributed by atoms with Gasteiger partial charge < -0.3 is 10.6 Å². The fraction of sp³-hybridized carbons (Fsp3) is 0.167. The third kappa shape index (κ3) is 5.55. The van der Waals surface area contributed by atoms with E-state index in [0.29, 0.717) is 28.4 Å². The second-order valence-corrected chi connectivity index (χ2v) is 6.19. The highest BCUT2D eigenvalue weighted by Crippen LogP contribution is 2.20. The molecule has 0 aromatic heterocycles. The Bertz CT molecular complexity index is 824. The minimum Gasteiger partial charge on any atom is -0.332 e. The van der Waals surface area contributed by atoms with E-state index < -0.39 is 0 Å². The summed E-state index contributed by atoms with van der Waals surface area (Å²) in [6.45, 7) is 3.68. The van der Waals surface area contributed by atoms with Crippen LogP contribution in [0.25, 0.3) is 0 Å². The summed E-state index contributed by atoms with van der Waals surface area (Å²) in [7, 11) is 0. The third-order valence-electron chi connectivity index (χ3n) is 3.40. The van der Waals surface area contributed by atoms with Crippen LogP contribution >= 0.6 is 23.8 Å². The van der Waals surface area contributed by atoms with Crippen molar-refractivity contribution in [1.82, 2.24) is 5.32 Å². The van der Waals surface area contributed by atoms with Crippen LogP contribution in [0.1, 0.15) is 29.3 Å². The molecule has 0 spiro atoms. The maximum atomic E-state index is 12.1. The molecular formula is C18H18ClN3O2S. The molecule has 0 saturated heterocycles. The summed E-state index contributed by atoms with van der Waals surface area (Å²) in [5, 5.41) is 8.97. The van der Waals surface area contributed by atoms with Crippen molar-refractivity contribution in [2.24, 2.45) is 0 Å². The fourth-order valence-electron chi connectivity index (χ4n) is 2.04. The molecule has 5 nitrogen and oxygen atoms in total. The predicted octanol–water partition coefficient (Wildman–Crippen LogP) is 4.12. The zero-order chi connectivity index (χ0) is 18.4. The van der Waals surface area contributed by atoms with Gasteiger partial charge in [-0.25, -0.2) is 0 Å². The minimum atomic E-state index is -0.355. The molecule has 2 aromatic carbocycles. The van der Waals surface area contributed by atoms with E-state index in [0.717, 1.165) is 5.56 Å². The van der Waals surface area contributed by atoms with Crippen molar-refractivity contribution in [3.8, 4) is 0 Å². The molecule has 2 aromatic rings. The summed E-state index contributed by atoms with van der Waals surface area (Å²) >= 11 is 11.0. The molecule has 25 heavy (non-hydrogen) atoms. The summed E-state index contributed by atoms with van der Waals surface area (Å²) in [4.78, 5) is 23.7. The normalized spacial score (nSPS) is 10.0. The van der Waals surface area contributed by atoms with Gasteiger partial charge in [0.05, 0.1) is 0 Å². The van der Waals surface area contributed by atoms with E-state index in [1.54, 1.807) is 37.3 Å². The Morgan fingerprint density at radius 1 is 1.12 bits per heavy atom. The van der Waals surface area contributed by atoms with Crippen molar-refractivity contribution < 1.29 is 9.59 Å². The lowest BCUT2D eigenvalue weighted by Gasteiger charge is -2.13. The SMILES string of the molecule is CCC(=O)Nc1cc(NC(=S)NC(=O)c2cccc(Cl)c2)ccc1C. The Morgan fingerprint density at radius 2 is 1.88 bits per heavy atom. The molecule has 0 saturated carbocycles. The standard InChI is InChI=1S/C18H18ClN3O2S/c1-3-16(23)21-15-10-14(8-7-11(15)2)20-18(25)22-17(24)12-5-4-6-13(19)9-12/h4-10H,3H2,1-2H3,(H,21,23)(H2,20,22,24,25). The summed E-state index contributed by atoms with van der Waals surface area (Å²) in [6.07, 6.45) is 0.394. The molecule has 0 aliphatic carbocycles. The molecule has 3 N–H and O–H groups in total. The van der Waals surface area contributed by atoms with E-state index in [1.165, 1.54) is 0 Å². The average molecular weight is 376 g/mol. The van der Waals surface area contributed by atoms with Gasteiger partial charge >= 0.3 is 0 Å². The van der Waals surface area contributed by atoms with Gasteiger partial charge in [-0.1, -0.05) is 30.7 Å². The Morgan fingerprint density at radius 3 is 2.56 bits per heavy atom.